The van der Waals surface area contributed by atoms with Gasteiger partial charge in [0.25, 0.3) is 0 Å². The van der Waals surface area contributed by atoms with Crippen molar-refractivity contribution in [2.24, 2.45) is 5.92 Å². The van der Waals surface area contributed by atoms with Gasteiger partial charge in [-0.25, -0.2) is 4.98 Å². The van der Waals surface area contributed by atoms with Crippen molar-refractivity contribution in [3.63, 3.8) is 0 Å². The van der Waals surface area contributed by atoms with Gasteiger partial charge in [-0.05, 0) is 41.0 Å². The van der Waals surface area contributed by atoms with Crippen LogP contribution in [-0.2, 0) is 19.9 Å². The van der Waals surface area contributed by atoms with Crippen molar-refractivity contribution < 1.29 is 19.1 Å². The minimum absolute atomic E-state index is 0.0547. The molecule has 1 amide bonds. The average molecular weight is 517 g/mol. The largest absolute Gasteiger partial charge is 0.478 e. The molecule has 0 bridgehead atoms. The Hall–Kier alpha value is -2.39. The highest BCUT2D eigenvalue weighted by atomic mass is 35.5. The number of allylic oxidation sites excluding steroid dienone is 3. The maximum absolute atomic E-state index is 13.3. The summed E-state index contributed by atoms with van der Waals surface area (Å²) in [5.74, 6) is 0.360. The summed E-state index contributed by atoms with van der Waals surface area (Å²) in [5, 5.41) is 6.25. The standard InChI is InChI=1S/C25H25ClN2O4S2/c1-3-5-20(16(2)26)34-23-19(29)12-25(28-24(23)30,18-9-11-33-15-18)21-6-4-7-22(27-21)32-10-8-17-13-31-14-17/h3-7,9,11,15,17,23H,1-2,8,10,12-14H2,(H,28,30)/b20-5+. The molecule has 9 heteroatoms. The molecule has 4 rings (SSSR count). The summed E-state index contributed by atoms with van der Waals surface area (Å²) in [6.07, 6.45) is 4.13. The van der Waals surface area contributed by atoms with E-state index in [1.165, 1.54) is 11.3 Å². The van der Waals surface area contributed by atoms with Crippen molar-refractivity contribution in [2.75, 3.05) is 19.8 Å². The second-order valence-corrected chi connectivity index (χ2v) is 10.5. The zero-order chi connectivity index (χ0) is 24.1. The number of nitrogens with one attached hydrogen (secondary N) is 1. The summed E-state index contributed by atoms with van der Waals surface area (Å²) in [5.41, 5.74) is 0.291. The highest BCUT2D eigenvalue weighted by molar-refractivity contribution is 8.05. The van der Waals surface area contributed by atoms with Gasteiger partial charge in [0, 0.05) is 28.3 Å². The van der Waals surface area contributed by atoms with E-state index in [1.807, 2.05) is 29.0 Å². The van der Waals surface area contributed by atoms with Crippen LogP contribution in [0, 0.1) is 5.92 Å². The minimum atomic E-state index is -1.08. The number of nitrogens with zero attached hydrogens (tertiary/aromatic N) is 1. The molecule has 1 N–H and O–H groups in total. The molecule has 2 aliphatic heterocycles. The maximum atomic E-state index is 13.3. The number of hydrogen-bond acceptors (Lipinski definition) is 7. The summed E-state index contributed by atoms with van der Waals surface area (Å²) in [7, 11) is 0. The van der Waals surface area contributed by atoms with Crippen LogP contribution >= 0.6 is 34.7 Å². The van der Waals surface area contributed by atoms with E-state index in [2.05, 4.69) is 18.5 Å². The molecule has 2 saturated heterocycles. The van der Waals surface area contributed by atoms with E-state index in [1.54, 1.807) is 18.2 Å². The molecule has 2 aromatic heterocycles. The van der Waals surface area contributed by atoms with Crippen molar-refractivity contribution in [2.45, 2.75) is 23.6 Å². The SMILES string of the molecule is C=C/C=C(/SC1C(=O)CC(c2ccsc2)(c2cccc(OCCC3COC3)n2)NC1=O)C(=C)Cl. The number of amides is 1. The van der Waals surface area contributed by atoms with Crippen molar-refractivity contribution in [1.29, 1.82) is 0 Å². The number of carbonyl (C=O) groups is 2. The highest BCUT2D eigenvalue weighted by Crippen LogP contribution is 2.41. The monoisotopic (exact) mass is 516 g/mol. The lowest BCUT2D eigenvalue weighted by Crippen LogP contribution is -2.58. The number of rotatable bonds is 10. The van der Waals surface area contributed by atoms with Crippen LogP contribution in [0.2, 0.25) is 0 Å². The van der Waals surface area contributed by atoms with E-state index >= 15 is 0 Å². The molecule has 0 spiro atoms. The fourth-order valence-electron chi connectivity index (χ4n) is 3.87. The Balaban J connectivity index is 1.59. The van der Waals surface area contributed by atoms with Gasteiger partial charge < -0.3 is 14.8 Å². The Morgan fingerprint density at radius 3 is 2.82 bits per heavy atom. The molecule has 2 aliphatic rings. The van der Waals surface area contributed by atoms with Gasteiger partial charge in [-0.1, -0.05) is 36.9 Å². The number of thiophene rings is 1. The molecule has 34 heavy (non-hydrogen) atoms. The lowest BCUT2D eigenvalue weighted by atomic mass is 9.79. The van der Waals surface area contributed by atoms with Crippen LogP contribution < -0.4 is 10.1 Å². The molecule has 4 heterocycles. The average Bonchev–Trinajstić information content (AvgIpc) is 3.32. The number of ether oxygens (including phenoxy) is 2. The zero-order valence-electron chi connectivity index (χ0n) is 18.5. The molecule has 2 fully saturated rings. The molecule has 178 valence electrons. The van der Waals surface area contributed by atoms with Crippen molar-refractivity contribution >= 4 is 46.4 Å². The van der Waals surface area contributed by atoms with Gasteiger partial charge in [0.05, 0.1) is 25.5 Å². The molecule has 0 saturated carbocycles. The Labute approximate surface area is 212 Å². The van der Waals surface area contributed by atoms with Crippen LogP contribution in [0.3, 0.4) is 0 Å². The molecular weight excluding hydrogens is 492 g/mol. The minimum Gasteiger partial charge on any atom is -0.478 e. The van der Waals surface area contributed by atoms with Gasteiger partial charge in [0.15, 0.2) is 5.78 Å². The summed E-state index contributed by atoms with van der Waals surface area (Å²) in [6, 6.07) is 7.33. The number of Topliss-reactive ketones (excluding diaryl/α,β-unsaturated/α-hetero) is 1. The lowest BCUT2D eigenvalue weighted by Gasteiger charge is -2.39. The van der Waals surface area contributed by atoms with Gasteiger partial charge in [0.2, 0.25) is 11.8 Å². The molecule has 0 aliphatic carbocycles. The van der Waals surface area contributed by atoms with Gasteiger partial charge in [-0.15, -0.1) is 11.8 Å². The summed E-state index contributed by atoms with van der Waals surface area (Å²) >= 11 is 8.63. The first-order valence-corrected chi connectivity index (χ1v) is 13.0. The van der Waals surface area contributed by atoms with E-state index in [0.717, 1.165) is 37.0 Å². The van der Waals surface area contributed by atoms with Crippen LogP contribution in [0.1, 0.15) is 24.1 Å². The number of pyridine rings is 1. The smallest absolute Gasteiger partial charge is 0.242 e. The van der Waals surface area contributed by atoms with Crippen LogP contribution in [0.5, 0.6) is 5.88 Å². The third-order valence-electron chi connectivity index (χ3n) is 5.75. The van der Waals surface area contributed by atoms with E-state index in [4.69, 9.17) is 26.1 Å². The predicted molar refractivity (Wildman–Crippen MR) is 136 cm³/mol. The second kappa shape index (κ2) is 10.9. The number of carbonyl (C=O) groups excluding carboxylic acids is 2. The quantitative estimate of drug-likeness (QED) is 0.360. The first-order chi connectivity index (χ1) is 16.4. The Morgan fingerprint density at radius 1 is 1.38 bits per heavy atom. The summed E-state index contributed by atoms with van der Waals surface area (Å²) in [4.78, 5) is 31.8. The molecule has 0 radical (unpaired) electrons. The fraction of sp³-hybridized carbons (Fsp3) is 0.320. The number of piperidine rings is 1. The lowest BCUT2D eigenvalue weighted by molar-refractivity contribution is -0.133. The molecule has 2 unspecified atom stereocenters. The normalized spacial score (nSPS) is 23.2. The van der Waals surface area contributed by atoms with E-state index < -0.39 is 16.7 Å². The molecule has 0 aromatic carbocycles. The number of aromatic nitrogens is 1. The highest BCUT2D eigenvalue weighted by Gasteiger charge is 2.48. The van der Waals surface area contributed by atoms with E-state index in [9.17, 15) is 9.59 Å². The van der Waals surface area contributed by atoms with Crippen LogP contribution in [0.25, 0.3) is 0 Å². The molecule has 2 aromatic rings. The van der Waals surface area contributed by atoms with Gasteiger partial charge in [0.1, 0.15) is 10.8 Å². The van der Waals surface area contributed by atoms with Crippen molar-refractivity contribution in [1.82, 2.24) is 10.3 Å². The Bertz CT molecular complexity index is 1090. The van der Waals surface area contributed by atoms with Gasteiger partial charge in [-0.2, -0.15) is 11.3 Å². The topological polar surface area (TPSA) is 77.5 Å². The van der Waals surface area contributed by atoms with Crippen LogP contribution in [0.15, 0.2) is 70.3 Å². The van der Waals surface area contributed by atoms with E-state index in [-0.39, 0.29) is 17.2 Å². The first kappa shape index (κ1) is 24.7. The fourth-order valence-corrected chi connectivity index (χ4v) is 5.73. The summed E-state index contributed by atoms with van der Waals surface area (Å²) in [6.45, 7) is 9.44. The van der Waals surface area contributed by atoms with Crippen molar-refractivity contribution in [3.8, 4) is 5.88 Å². The Kier molecular flexibility index (Phi) is 7.93. The molecule has 2 atom stereocenters. The maximum Gasteiger partial charge on any atom is 0.242 e. The number of ketones is 1. The van der Waals surface area contributed by atoms with Crippen LogP contribution in [0.4, 0.5) is 0 Å². The molecular formula is C25H25ClN2O4S2. The van der Waals surface area contributed by atoms with Gasteiger partial charge >= 0.3 is 0 Å². The second-order valence-electron chi connectivity index (χ2n) is 8.12. The number of thioether (sulfide) groups is 1. The number of hydrogen-bond donors (Lipinski definition) is 1. The predicted octanol–water partition coefficient (Wildman–Crippen LogP) is 4.82. The van der Waals surface area contributed by atoms with Gasteiger partial charge in [-0.3, -0.25) is 9.59 Å². The van der Waals surface area contributed by atoms with Crippen LogP contribution in [-0.4, -0.2) is 41.7 Å². The third-order valence-corrected chi connectivity index (χ3v) is 8.09. The first-order valence-electron chi connectivity index (χ1n) is 10.8. The Morgan fingerprint density at radius 2 is 2.21 bits per heavy atom. The number of halogens is 1. The zero-order valence-corrected chi connectivity index (χ0v) is 20.9. The van der Waals surface area contributed by atoms with Crippen molar-refractivity contribution in [3.05, 3.63) is 81.5 Å². The third kappa shape index (κ3) is 5.30. The molecule has 6 nitrogen and oxygen atoms in total. The van der Waals surface area contributed by atoms with E-state index in [0.29, 0.717) is 29.0 Å². The summed E-state index contributed by atoms with van der Waals surface area (Å²) < 4.78 is 11.1.